The van der Waals surface area contributed by atoms with E-state index in [4.69, 9.17) is 0 Å². The summed E-state index contributed by atoms with van der Waals surface area (Å²) < 4.78 is 0. The molecule has 6 aromatic carbocycles. The Balaban J connectivity index is 0.000000138. The molecule has 0 aliphatic heterocycles. The number of fused-ring (bicyclic) bond motifs is 3. The van der Waals surface area contributed by atoms with Gasteiger partial charge in [0.15, 0.2) is 0 Å². The first kappa shape index (κ1) is 63.5. The van der Waals surface area contributed by atoms with Crippen molar-refractivity contribution in [2.75, 3.05) is 0 Å². The second kappa shape index (κ2) is 28.6. The van der Waals surface area contributed by atoms with Crippen LogP contribution in [0.1, 0.15) is 181 Å². The number of rotatable bonds is 2. The third kappa shape index (κ3) is 16.3. The van der Waals surface area contributed by atoms with E-state index in [2.05, 4.69) is 220 Å². The van der Waals surface area contributed by atoms with E-state index in [1.54, 1.807) is 39.6 Å². The standard InChI is InChI=1S/C21H24.C20H20.C18H20.C8H11N.C8H12.C7H10N2/c1-13-10-16-6-4-7-18-12-14(2)15(3)19-9-5-8-17(11-13)20(16)21(18)19;1-14-4-7-17(8-5-14)19-10-11-20(13-19)18-9-6-15(2)16(3)12-18;1-12-7-8-17-15(9-12)5-4-6-16-10-13(2)14(3)11-18(16)17;1-6-4-5-7(2)9-8(6)3;1-6-4-7(2)8(3)5-6;1-5-4-8-6(2)7(3)9-5/h10-12H,4-9H2,1-3H3;4-12H,13H2,1-3H3;7-11H,4-6H2,1-3H3;4-5H,1-3H3;4H,5H2,1-3H3;4H,1-3H3. The molecule has 0 fully saturated rings. The van der Waals surface area contributed by atoms with Gasteiger partial charge in [0.25, 0.3) is 0 Å². The summed E-state index contributed by atoms with van der Waals surface area (Å²) in [6.45, 7) is 38.5. The van der Waals surface area contributed by atoms with Crippen LogP contribution in [0.2, 0.25) is 0 Å². The number of hydrogen-bond acceptors (Lipinski definition) is 3. The molecule has 3 heteroatoms. The van der Waals surface area contributed by atoms with Crippen LogP contribution in [0.5, 0.6) is 0 Å². The molecule has 0 amide bonds. The second-order valence-corrected chi connectivity index (χ2v) is 25.5. The topological polar surface area (TPSA) is 38.7 Å². The van der Waals surface area contributed by atoms with Crippen molar-refractivity contribution < 1.29 is 0 Å². The predicted octanol–water partition coefficient (Wildman–Crippen LogP) is 21.6. The zero-order valence-corrected chi connectivity index (χ0v) is 55.2. The molecule has 0 radical (unpaired) electrons. The Morgan fingerprint density at radius 3 is 1.46 bits per heavy atom. The Morgan fingerprint density at radius 1 is 0.353 bits per heavy atom. The summed E-state index contributed by atoms with van der Waals surface area (Å²) in [5.41, 5.74) is 44.9. The molecular formula is C82H97N3. The van der Waals surface area contributed by atoms with E-state index in [1.165, 1.54) is 181 Å². The molecule has 0 saturated heterocycles. The maximum atomic E-state index is 4.27. The minimum absolute atomic E-state index is 0.984. The Morgan fingerprint density at radius 2 is 0.882 bits per heavy atom. The van der Waals surface area contributed by atoms with Crippen molar-refractivity contribution >= 4 is 11.1 Å². The monoisotopic (exact) mass is 1120 g/mol. The van der Waals surface area contributed by atoms with Gasteiger partial charge in [0.2, 0.25) is 0 Å². The summed E-state index contributed by atoms with van der Waals surface area (Å²) >= 11 is 0. The summed E-state index contributed by atoms with van der Waals surface area (Å²) in [6.07, 6.45) is 22.1. The number of aryl methyl sites for hydroxylation is 19. The van der Waals surface area contributed by atoms with Crippen molar-refractivity contribution in [1.29, 1.82) is 0 Å². The van der Waals surface area contributed by atoms with Gasteiger partial charge < -0.3 is 0 Å². The highest BCUT2D eigenvalue weighted by Crippen LogP contribution is 2.43. The van der Waals surface area contributed by atoms with Crippen LogP contribution in [-0.4, -0.2) is 15.0 Å². The minimum atomic E-state index is 0.984. The van der Waals surface area contributed by atoms with E-state index in [0.29, 0.717) is 0 Å². The zero-order valence-electron chi connectivity index (χ0n) is 55.2. The molecule has 0 saturated carbocycles. The molecule has 5 aliphatic carbocycles. The fourth-order valence-corrected chi connectivity index (χ4v) is 12.6. The molecule has 440 valence electrons. The van der Waals surface area contributed by atoms with Crippen LogP contribution in [0.15, 0.2) is 144 Å². The Hall–Kier alpha value is -7.49. The van der Waals surface area contributed by atoms with Crippen molar-refractivity contribution in [3.8, 4) is 22.3 Å². The molecule has 0 spiro atoms. The van der Waals surface area contributed by atoms with Crippen molar-refractivity contribution in [2.45, 2.75) is 195 Å². The number of allylic oxidation sites excluding steroid dienone is 8. The summed E-state index contributed by atoms with van der Waals surface area (Å²) in [7, 11) is 0. The Kier molecular flexibility index (Phi) is 21.4. The molecule has 0 N–H and O–H groups in total. The van der Waals surface area contributed by atoms with Gasteiger partial charge in [-0.25, -0.2) is 0 Å². The highest BCUT2D eigenvalue weighted by molar-refractivity contribution is 5.87. The first-order valence-electron chi connectivity index (χ1n) is 31.5. The molecule has 0 atom stereocenters. The highest BCUT2D eigenvalue weighted by atomic mass is 14.8. The first-order valence-corrected chi connectivity index (χ1v) is 31.5. The van der Waals surface area contributed by atoms with Crippen molar-refractivity contribution in [3.63, 3.8) is 0 Å². The SMILES string of the molecule is CC1=CC(C)=C(C)C1.Cc1cc2c3c(c1)CCCc1c(C)c(C)cc(c1-3)CCC2.Cc1ccc(C)c(C)n1.Cc1ccc(C2=CC=C(c3ccc(C)c(C)c3)C2)cc1.Cc1ccc2c(c1)CCCc1cc(C)c(C)cc1-2.Cc1cnc(C)c(C)n1. The zero-order chi connectivity index (χ0) is 61.2. The normalized spacial score (nSPS) is 14.1. The van der Waals surface area contributed by atoms with E-state index < -0.39 is 0 Å². The van der Waals surface area contributed by atoms with Gasteiger partial charge >= 0.3 is 0 Å². The largest absolute Gasteiger partial charge is 0.258 e. The maximum absolute atomic E-state index is 4.27. The van der Waals surface area contributed by atoms with Crippen LogP contribution >= 0.6 is 0 Å². The number of pyridine rings is 1. The van der Waals surface area contributed by atoms with E-state index in [1.807, 2.05) is 40.7 Å². The fourth-order valence-electron chi connectivity index (χ4n) is 12.6. The molecule has 85 heavy (non-hydrogen) atoms. The second-order valence-electron chi connectivity index (χ2n) is 25.5. The van der Waals surface area contributed by atoms with Crippen molar-refractivity contribution in [3.05, 3.63) is 273 Å². The summed E-state index contributed by atoms with van der Waals surface area (Å²) in [5.74, 6) is 0. The molecule has 2 aromatic heterocycles. The lowest BCUT2D eigenvalue weighted by Crippen LogP contribution is -2.00. The third-order valence-electron chi connectivity index (χ3n) is 18.3. The van der Waals surface area contributed by atoms with E-state index in [9.17, 15) is 0 Å². The number of hydrogen-bond donors (Lipinski definition) is 0. The summed E-state index contributed by atoms with van der Waals surface area (Å²) in [4.78, 5) is 12.6. The van der Waals surface area contributed by atoms with Gasteiger partial charge in [-0.1, -0.05) is 149 Å². The Labute approximate surface area is 513 Å². The molecule has 0 unspecified atom stereocenters. The maximum Gasteiger partial charge on any atom is 0.0588 e. The van der Waals surface area contributed by atoms with Gasteiger partial charge in [-0.05, 0) is 318 Å². The molecule has 0 bridgehead atoms. The van der Waals surface area contributed by atoms with E-state index >= 15 is 0 Å². The van der Waals surface area contributed by atoms with Crippen molar-refractivity contribution in [1.82, 2.24) is 15.0 Å². The predicted molar refractivity (Wildman–Crippen MR) is 367 cm³/mol. The average Bonchev–Trinajstić information content (AvgIpc) is 2.92. The lowest BCUT2D eigenvalue weighted by atomic mass is 9.85. The van der Waals surface area contributed by atoms with Crippen molar-refractivity contribution in [2.24, 2.45) is 0 Å². The van der Waals surface area contributed by atoms with Crippen LogP contribution < -0.4 is 0 Å². The lowest BCUT2D eigenvalue weighted by Gasteiger charge is -2.19. The van der Waals surface area contributed by atoms with Gasteiger partial charge in [-0.3, -0.25) is 15.0 Å². The average molecular weight is 1120 g/mol. The fraction of sp³-hybridized carbons (Fsp3) is 0.354. The molecule has 3 nitrogen and oxygen atoms in total. The first-order chi connectivity index (χ1) is 40.5. The number of aromatic nitrogens is 3. The van der Waals surface area contributed by atoms with Crippen LogP contribution in [0.4, 0.5) is 0 Å². The molecule has 5 aliphatic rings. The van der Waals surface area contributed by atoms with Gasteiger partial charge in [0.1, 0.15) is 0 Å². The summed E-state index contributed by atoms with van der Waals surface area (Å²) in [6, 6.07) is 38.7. The third-order valence-corrected chi connectivity index (χ3v) is 18.3. The highest BCUT2D eigenvalue weighted by Gasteiger charge is 2.25. The van der Waals surface area contributed by atoms with Crippen LogP contribution in [0.3, 0.4) is 0 Å². The quantitative estimate of drug-likeness (QED) is 0.173. The number of nitrogens with zero attached hydrogens (tertiary/aromatic N) is 3. The van der Waals surface area contributed by atoms with Gasteiger partial charge in [0, 0.05) is 17.6 Å². The van der Waals surface area contributed by atoms with Crippen LogP contribution in [0, 0.1) is 104 Å². The molecule has 8 aromatic rings. The summed E-state index contributed by atoms with van der Waals surface area (Å²) in [5, 5.41) is 0. The van der Waals surface area contributed by atoms with Gasteiger partial charge in [-0.15, -0.1) is 0 Å². The van der Waals surface area contributed by atoms with Crippen LogP contribution in [0.25, 0.3) is 33.4 Å². The van der Waals surface area contributed by atoms with E-state index in [-0.39, 0.29) is 0 Å². The Bertz CT molecular complexity index is 3800. The molecule has 13 rings (SSSR count). The van der Waals surface area contributed by atoms with Crippen LogP contribution in [-0.2, 0) is 38.5 Å². The minimum Gasteiger partial charge on any atom is -0.258 e. The molecular weight excluding hydrogens is 1030 g/mol. The number of benzene rings is 6. The molecule has 2 heterocycles. The van der Waals surface area contributed by atoms with Gasteiger partial charge in [0.05, 0.1) is 17.1 Å². The lowest BCUT2D eigenvalue weighted by molar-refractivity contribution is 0.809. The smallest absolute Gasteiger partial charge is 0.0588 e. The van der Waals surface area contributed by atoms with Gasteiger partial charge in [-0.2, -0.15) is 0 Å². The van der Waals surface area contributed by atoms with E-state index in [0.717, 1.165) is 34.9 Å².